The predicted molar refractivity (Wildman–Crippen MR) is 108 cm³/mol. The number of carbonyl (C=O) groups excluding carboxylic acids is 1. The lowest BCUT2D eigenvalue weighted by Gasteiger charge is -2.28. The van der Waals surface area contributed by atoms with E-state index in [4.69, 9.17) is 17.0 Å². The standard InChI is InChI=1S/C20H23N3O2S/c24-19(15-22-20(26)21-14-16-4-2-1-3-5-16)17-6-8-18(9-7-17)23-10-12-25-13-11-23/h1-9H,10-15H2,(H2,21,22,26). The van der Waals surface area contributed by atoms with Gasteiger partial charge in [-0.15, -0.1) is 0 Å². The summed E-state index contributed by atoms with van der Waals surface area (Å²) in [5, 5.41) is 6.56. The molecule has 0 radical (unpaired) electrons. The fourth-order valence-corrected chi connectivity index (χ4v) is 2.93. The Morgan fingerprint density at radius 2 is 1.69 bits per heavy atom. The average Bonchev–Trinajstić information content (AvgIpc) is 2.72. The van der Waals surface area contributed by atoms with Gasteiger partial charge < -0.3 is 20.3 Å². The van der Waals surface area contributed by atoms with Crippen LogP contribution in [0.25, 0.3) is 0 Å². The molecule has 136 valence electrons. The van der Waals surface area contributed by atoms with Crippen molar-refractivity contribution >= 4 is 28.8 Å². The van der Waals surface area contributed by atoms with Gasteiger partial charge in [-0.05, 0) is 42.0 Å². The Bertz CT molecular complexity index is 728. The van der Waals surface area contributed by atoms with Crippen molar-refractivity contribution in [3.05, 3.63) is 65.7 Å². The van der Waals surface area contributed by atoms with Crippen LogP contribution in [0.4, 0.5) is 5.69 Å². The molecule has 3 rings (SSSR count). The van der Waals surface area contributed by atoms with E-state index in [2.05, 4.69) is 15.5 Å². The van der Waals surface area contributed by atoms with Gasteiger partial charge in [-0.25, -0.2) is 0 Å². The number of ketones is 1. The summed E-state index contributed by atoms with van der Waals surface area (Å²) in [6, 6.07) is 17.7. The molecule has 0 aromatic heterocycles. The SMILES string of the molecule is O=C(CNC(=S)NCc1ccccc1)c1ccc(N2CCOCC2)cc1. The van der Waals surface area contributed by atoms with Gasteiger partial charge in [0.1, 0.15) is 0 Å². The van der Waals surface area contributed by atoms with Gasteiger partial charge >= 0.3 is 0 Å². The Kier molecular flexibility index (Phi) is 6.57. The third kappa shape index (κ3) is 5.28. The fraction of sp³-hybridized carbons (Fsp3) is 0.300. The summed E-state index contributed by atoms with van der Waals surface area (Å²) >= 11 is 5.23. The monoisotopic (exact) mass is 369 g/mol. The van der Waals surface area contributed by atoms with Gasteiger partial charge in [0.2, 0.25) is 0 Å². The number of carbonyl (C=O) groups is 1. The smallest absolute Gasteiger partial charge is 0.181 e. The van der Waals surface area contributed by atoms with Gasteiger partial charge in [0.15, 0.2) is 10.9 Å². The van der Waals surface area contributed by atoms with Gasteiger partial charge in [-0.2, -0.15) is 0 Å². The molecule has 2 N–H and O–H groups in total. The van der Waals surface area contributed by atoms with Gasteiger partial charge in [0.05, 0.1) is 19.8 Å². The highest BCUT2D eigenvalue weighted by molar-refractivity contribution is 7.80. The molecule has 0 spiro atoms. The molecule has 1 saturated heterocycles. The minimum absolute atomic E-state index is 0.0161. The van der Waals surface area contributed by atoms with Crippen LogP contribution >= 0.6 is 12.2 Å². The summed E-state index contributed by atoms with van der Waals surface area (Å²) in [6.45, 7) is 4.08. The van der Waals surface area contributed by atoms with E-state index in [0.717, 1.165) is 37.6 Å². The van der Waals surface area contributed by atoms with E-state index in [1.54, 1.807) is 0 Å². The van der Waals surface area contributed by atoms with E-state index in [0.29, 0.717) is 17.2 Å². The lowest BCUT2D eigenvalue weighted by molar-refractivity contribution is 0.0996. The summed E-state index contributed by atoms with van der Waals surface area (Å²) in [6.07, 6.45) is 0. The highest BCUT2D eigenvalue weighted by Crippen LogP contribution is 2.16. The summed E-state index contributed by atoms with van der Waals surface area (Å²) in [5.41, 5.74) is 2.94. The molecule has 0 amide bonds. The number of morpholine rings is 1. The van der Waals surface area contributed by atoms with Crippen molar-refractivity contribution < 1.29 is 9.53 Å². The fourth-order valence-electron chi connectivity index (χ4n) is 2.78. The second-order valence-corrected chi connectivity index (χ2v) is 6.50. The van der Waals surface area contributed by atoms with Crippen molar-refractivity contribution in [2.24, 2.45) is 0 Å². The summed E-state index contributed by atoms with van der Waals surface area (Å²) < 4.78 is 5.36. The van der Waals surface area contributed by atoms with Crippen LogP contribution in [0, 0.1) is 0 Å². The number of hydrogen-bond acceptors (Lipinski definition) is 4. The van der Waals surface area contributed by atoms with Crippen molar-refractivity contribution in [1.29, 1.82) is 0 Å². The van der Waals surface area contributed by atoms with Crippen LogP contribution in [0.5, 0.6) is 0 Å². The van der Waals surface area contributed by atoms with E-state index >= 15 is 0 Å². The zero-order valence-corrected chi connectivity index (χ0v) is 15.4. The van der Waals surface area contributed by atoms with Crippen molar-refractivity contribution in [3.8, 4) is 0 Å². The van der Waals surface area contributed by atoms with Crippen LogP contribution in [0.3, 0.4) is 0 Å². The maximum atomic E-state index is 12.3. The van der Waals surface area contributed by atoms with E-state index in [1.165, 1.54) is 0 Å². The molecule has 0 unspecified atom stereocenters. The lowest BCUT2D eigenvalue weighted by atomic mass is 10.1. The number of anilines is 1. The first-order valence-electron chi connectivity index (χ1n) is 8.74. The highest BCUT2D eigenvalue weighted by atomic mass is 32.1. The van der Waals surface area contributed by atoms with Gasteiger partial charge in [0, 0.05) is 30.9 Å². The van der Waals surface area contributed by atoms with Crippen LogP contribution in [0.1, 0.15) is 15.9 Å². The second-order valence-electron chi connectivity index (χ2n) is 6.09. The Balaban J connectivity index is 1.44. The van der Waals surface area contributed by atoms with Crippen molar-refractivity contribution in [2.45, 2.75) is 6.54 Å². The number of Topliss-reactive ketones (excluding diaryl/α,β-unsaturated/α-hetero) is 1. The Morgan fingerprint density at radius 1 is 1.00 bits per heavy atom. The molecule has 0 bridgehead atoms. The van der Waals surface area contributed by atoms with Crippen LogP contribution in [0.15, 0.2) is 54.6 Å². The second kappa shape index (κ2) is 9.31. The minimum Gasteiger partial charge on any atom is -0.378 e. The maximum absolute atomic E-state index is 12.3. The first-order valence-corrected chi connectivity index (χ1v) is 9.15. The van der Waals surface area contributed by atoms with Gasteiger partial charge in [0.25, 0.3) is 0 Å². The molecule has 2 aromatic rings. The normalized spacial score (nSPS) is 13.9. The number of benzene rings is 2. The number of nitrogens with one attached hydrogen (secondary N) is 2. The molecule has 1 heterocycles. The Hall–Kier alpha value is -2.44. The van der Waals surface area contributed by atoms with Crippen molar-refractivity contribution in [2.75, 3.05) is 37.7 Å². The summed E-state index contributed by atoms with van der Waals surface area (Å²) in [7, 11) is 0. The third-order valence-corrected chi connectivity index (χ3v) is 4.56. The van der Waals surface area contributed by atoms with Crippen LogP contribution in [-0.2, 0) is 11.3 Å². The predicted octanol–water partition coefficient (Wildman–Crippen LogP) is 2.37. The molecule has 1 fully saturated rings. The number of ether oxygens (including phenoxy) is 1. The molecule has 0 saturated carbocycles. The van der Waals surface area contributed by atoms with E-state index in [9.17, 15) is 4.79 Å². The number of hydrogen-bond donors (Lipinski definition) is 2. The first kappa shape index (κ1) is 18.4. The number of nitrogens with zero attached hydrogens (tertiary/aromatic N) is 1. The zero-order chi connectivity index (χ0) is 18.2. The lowest BCUT2D eigenvalue weighted by Crippen LogP contribution is -2.38. The highest BCUT2D eigenvalue weighted by Gasteiger charge is 2.12. The van der Waals surface area contributed by atoms with Crippen LogP contribution in [0.2, 0.25) is 0 Å². The molecule has 6 heteroatoms. The number of thiocarbonyl (C=S) groups is 1. The van der Waals surface area contributed by atoms with Crippen molar-refractivity contribution in [1.82, 2.24) is 10.6 Å². The summed E-state index contributed by atoms with van der Waals surface area (Å²) in [5.74, 6) is 0.0161. The zero-order valence-electron chi connectivity index (χ0n) is 14.6. The molecule has 2 aromatic carbocycles. The Labute approximate surface area is 159 Å². The third-order valence-electron chi connectivity index (χ3n) is 4.27. The average molecular weight is 369 g/mol. The molecule has 0 atom stereocenters. The Morgan fingerprint density at radius 3 is 2.38 bits per heavy atom. The van der Waals surface area contributed by atoms with Crippen LogP contribution in [-0.4, -0.2) is 43.7 Å². The molecule has 26 heavy (non-hydrogen) atoms. The van der Waals surface area contributed by atoms with E-state index < -0.39 is 0 Å². The first-order chi connectivity index (χ1) is 12.7. The van der Waals surface area contributed by atoms with Crippen LogP contribution < -0.4 is 15.5 Å². The molecular formula is C20H23N3O2S. The number of rotatable bonds is 6. The summed E-state index contributed by atoms with van der Waals surface area (Å²) in [4.78, 5) is 14.6. The van der Waals surface area contributed by atoms with E-state index in [1.807, 2.05) is 54.6 Å². The van der Waals surface area contributed by atoms with Crippen molar-refractivity contribution in [3.63, 3.8) is 0 Å². The van der Waals surface area contributed by atoms with Gasteiger partial charge in [-0.3, -0.25) is 4.79 Å². The molecular weight excluding hydrogens is 346 g/mol. The maximum Gasteiger partial charge on any atom is 0.181 e. The van der Waals surface area contributed by atoms with E-state index in [-0.39, 0.29) is 12.3 Å². The molecule has 1 aliphatic heterocycles. The quantitative estimate of drug-likeness (QED) is 0.602. The topological polar surface area (TPSA) is 53.6 Å². The van der Waals surface area contributed by atoms with Gasteiger partial charge in [-0.1, -0.05) is 30.3 Å². The molecule has 5 nitrogen and oxygen atoms in total. The molecule has 1 aliphatic rings. The minimum atomic E-state index is 0.0161. The molecule has 0 aliphatic carbocycles. The largest absolute Gasteiger partial charge is 0.378 e.